The van der Waals surface area contributed by atoms with Crippen LogP contribution in [0.4, 0.5) is 5.69 Å². The molecule has 2 N–H and O–H groups in total. The molecule has 1 aromatic carbocycles. The first-order chi connectivity index (χ1) is 12.5. The van der Waals surface area contributed by atoms with E-state index in [1.54, 1.807) is 0 Å². The van der Waals surface area contributed by atoms with Crippen LogP contribution < -0.4 is 10.6 Å². The first-order valence-electron chi connectivity index (χ1n) is 8.71. The maximum atomic E-state index is 12.4. The number of anilines is 1. The van der Waals surface area contributed by atoms with Crippen molar-refractivity contribution in [1.82, 2.24) is 14.8 Å². The molecule has 1 saturated heterocycles. The van der Waals surface area contributed by atoms with Crippen LogP contribution in [0.15, 0.2) is 47.1 Å². The molecule has 0 atom stereocenters. The molecule has 1 fully saturated rings. The number of rotatable bonds is 5. The Bertz CT molecular complexity index is 767. The third-order valence-corrected chi connectivity index (χ3v) is 4.99. The third kappa shape index (κ3) is 4.95. The summed E-state index contributed by atoms with van der Waals surface area (Å²) >= 11 is 3.39. The van der Waals surface area contributed by atoms with E-state index < -0.39 is 0 Å². The smallest absolute Gasteiger partial charge is 0.268 e. The summed E-state index contributed by atoms with van der Waals surface area (Å²) in [6.07, 6.45) is 3.55. The minimum Gasteiger partial charge on any atom is -0.348 e. The number of aromatic nitrogens is 1. The molecule has 138 valence electrons. The van der Waals surface area contributed by atoms with Gasteiger partial charge in [-0.05, 0) is 47.0 Å². The SMILES string of the molecule is Cn1cc(Br)cc1C(=O)NC1CCN(CC(=O)Nc2ccccc2)CC1. The molecule has 2 heterocycles. The molecule has 6 nitrogen and oxygen atoms in total. The molecular weight excluding hydrogens is 396 g/mol. The lowest BCUT2D eigenvalue weighted by Gasteiger charge is -2.31. The van der Waals surface area contributed by atoms with Crippen LogP contribution in [0.2, 0.25) is 0 Å². The van der Waals surface area contributed by atoms with E-state index in [2.05, 4.69) is 31.5 Å². The van der Waals surface area contributed by atoms with Gasteiger partial charge in [-0.1, -0.05) is 18.2 Å². The van der Waals surface area contributed by atoms with E-state index >= 15 is 0 Å². The van der Waals surface area contributed by atoms with Gasteiger partial charge >= 0.3 is 0 Å². The van der Waals surface area contributed by atoms with E-state index in [9.17, 15) is 9.59 Å². The molecule has 1 aliphatic heterocycles. The number of carbonyl (C=O) groups excluding carboxylic acids is 2. The Labute approximate surface area is 161 Å². The number of likely N-dealkylation sites (tertiary alicyclic amines) is 1. The number of aryl methyl sites for hydroxylation is 1. The Morgan fingerprint density at radius 3 is 2.50 bits per heavy atom. The lowest BCUT2D eigenvalue weighted by atomic mass is 10.0. The lowest BCUT2D eigenvalue weighted by molar-refractivity contribution is -0.117. The van der Waals surface area contributed by atoms with E-state index in [4.69, 9.17) is 0 Å². The minimum absolute atomic E-state index is 0.00709. The molecule has 7 heteroatoms. The molecule has 2 amide bonds. The lowest BCUT2D eigenvalue weighted by Crippen LogP contribution is -2.46. The molecular formula is C19H23BrN4O2. The zero-order valence-corrected chi connectivity index (χ0v) is 16.3. The highest BCUT2D eigenvalue weighted by Gasteiger charge is 2.23. The zero-order chi connectivity index (χ0) is 18.5. The average Bonchev–Trinajstić information content (AvgIpc) is 2.96. The van der Waals surface area contributed by atoms with E-state index in [0.29, 0.717) is 12.2 Å². The molecule has 1 aromatic heterocycles. The fourth-order valence-electron chi connectivity index (χ4n) is 3.17. The quantitative estimate of drug-likeness (QED) is 0.783. The van der Waals surface area contributed by atoms with Gasteiger partial charge < -0.3 is 15.2 Å². The number of halogens is 1. The standard InChI is InChI=1S/C19H23BrN4O2/c1-23-12-14(20)11-17(23)19(26)22-16-7-9-24(10-8-16)13-18(25)21-15-5-3-2-4-6-15/h2-6,11-12,16H,7-10,13H2,1H3,(H,21,25)(H,22,26). The molecule has 1 aliphatic rings. The highest BCUT2D eigenvalue weighted by molar-refractivity contribution is 9.10. The predicted molar refractivity (Wildman–Crippen MR) is 105 cm³/mol. The van der Waals surface area contributed by atoms with Crippen molar-refractivity contribution in [3.8, 4) is 0 Å². The maximum Gasteiger partial charge on any atom is 0.268 e. The van der Waals surface area contributed by atoms with Gasteiger partial charge in [-0.2, -0.15) is 0 Å². The van der Waals surface area contributed by atoms with Crippen molar-refractivity contribution in [3.05, 3.63) is 52.8 Å². The van der Waals surface area contributed by atoms with Crippen LogP contribution >= 0.6 is 15.9 Å². The Balaban J connectivity index is 1.43. The second-order valence-corrected chi connectivity index (χ2v) is 7.51. The normalized spacial score (nSPS) is 15.6. The molecule has 0 aliphatic carbocycles. The monoisotopic (exact) mass is 418 g/mol. The Kier molecular flexibility index (Phi) is 6.11. The summed E-state index contributed by atoms with van der Waals surface area (Å²) in [5.74, 6) is -0.0641. The molecule has 3 rings (SSSR count). The summed E-state index contributed by atoms with van der Waals surface area (Å²) in [5.41, 5.74) is 1.45. The topological polar surface area (TPSA) is 66.4 Å². The van der Waals surface area contributed by atoms with Gasteiger partial charge in [-0.15, -0.1) is 0 Å². The second-order valence-electron chi connectivity index (χ2n) is 6.59. The van der Waals surface area contributed by atoms with Gasteiger partial charge in [-0.3, -0.25) is 14.5 Å². The van der Waals surface area contributed by atoms with Crippen molar-refractivity contribution in [1.29, 1.82) is 0 Å². The Morgan fingerprint density at radius 1 is 1.19 bits per heavy atom. The van der Waals surface area contributed by atoms with Crippen molar-refractivity contribution in [3.63, 3.8) is 0 Å². The largest absolute Gasteiger partial charge is 0.348 e. The van der Waals surface area contributed by atoms with Crippen molar-refractivity contribution >= 4 is 33.4 Å². The first kappa shape index (κ1) is 18.7. The highest BCUT2D eigenvalue weighted by atomic mass is 79.9. The van der Waals surface area contributed by atoms with Crippen molar-refractivity contribution in [2.45, 2.75) is 18.9 Å². The van der Waals surface area contributed by atoms with E-state index in [0.717, 1.165) is 36.1 Å². The number of nitrogens with zero attached hydrogens (tertiary/aromatic N) is 2. The molecule has 26 heavy (non-hydrogen) atoms. The summed E-state index contributed by atoms with van der Waals surface area (Å²) in [6, 6.07) is 11.4. The van der Waals surface area contributed by atoms with Crippen molar-refractivity contribution in [2.24, 2.45) is 7.05 Å². The first-order valence-corrected chi connectivity index (χ1v) is 9.50. The maximum absolute atomic E-state index is 12.4. The van der Waals surface area contributed by atoms with Gasteiger partial charge in [0.2, 0.25) is 5.91 Å². The van der Waals surface area contributed by atoms with E-state index in [-0.39, 0.29) is 17.9 Å². The molecule has 0 saturated carbocycles. The van der Waals surface area contributed by atoms with Gasteiger partial charge in [0.25, 0.3) is 5.91 Å². The highest BCUT2D eigenvalue weighted by Crippen LogP contribution is 2.15. The molecule has 0 spiro atoms. The average molecular weight is 419 g/mol. The number of benzene rings is 1. The molecule has 0 unspecified atom stereocenters. The Hall–Kier alpha value is -2.12. The van der Waals surface area contributed by atoms with Crippen LogP contribution in [-0.4, -0.2) is 47.0 Å². The van der Waals surface area contributed by atoms with Crippen molar-refractivity contribution < 1.29 is 9.59 Å². The van der Waals surface area contributed by atoms with Crippen LogP contribution in [0.5, 0.6) is 0 Å². The molecule has 2 aromatic rings. The zero-order valence-electron chi connectivity index (χ0n) is 14.7. The van der Waals surface area contributed by atoms with Gasteiger partial charge in [-0.25, -0.2) is 0 Å². The van der Waals surface area contributed by atoms with Crippen LogP contribution in [-0.2, 0) is 11.8 Å². The number of nitrogens with one attached hydrogen (secondary N) is 2. The molecule has 0 bridgehead atoms. The number of amides is 2. The number of para-hydroxylation sites is 1. The summed E-state index contributed by atoms with van der Waals surface area (Å²) in [6.45, 7) is 1.97. The summed E-state index contributed by atoms with van der Waals surface area (Å²) in [5, 5.41) is 6.00. The van der Waals surface area contributed by atoms with Crippen LogP contribution in [0.25, 0.3) is 0 Å². The summed E-state index contributed by atoms with van der Waals surface area (Å²) < 4.78 is 2.70. The minimum atomic E-state index is -0.0570. The third-order valence-electron chi connectivity index (χ3n) is 4.55. The van der Waals surface area contributed by atoms with E-state index in [1.807, 2.05) is 54.2 Å². The predicted octanol–water partition coefficient (Wildman–Crippen LogP) is 2.62. The number of hydrogen-bond donors (Lipinski definition) is 2. The fraction of sp³-hybridized carbons (Fsp3) is 0.368. The summed E-state index contributed by atoms with van der Waals surface area (Å²) in [4.78, 5) is 26.6. The second kappa shape index (κ2) is 8.51. The number of carbonyl (C=O) groups is 2. The Morgan fingerprint density at radius 2 is 1.88 bits per heavy atom. The fourth-order valence-corrected chi connectivity index (χ4v) is 3.69. The van der Waals surface area contributed by atoms with Crippen LogP contribution in [0, 0.1) is 0 Å². The van der Waals surface area contributed by atoms with Gasteiger partial charge in [0.1, 0.15) is 5.69 Å². The van der Waals surface area contributed by atoms with Gasteiger partial charge in [0.05, 0.1) is 6.54 Å². The van der Waals surface area contributed by atoms with E-state index in [1.165, 1.54) is 0 Å². The van der Waals surface area contributed by atoms with Crippen molar-refractivity contribution in [2.75, 3.05) is 25.0 Å². The van der Waals surface area contributed by atoms with Crippen LogP contribution in [0.3, 0.4) is 0 Å². The van der Waals surface area contributed by atoms with Gasteiger partial charge in [0, 0.05) is 42.5 Å². The van der Waals surface area contributed by atoms with Crippen LogP contribution in [0.1, 0.15) is 23.3 Å². The molecule has 0 radical (unpaired) electrons. The summed E-state index contributed by atoms with van der Waals surface area (Å²) in [7, 11) is 1.85. The number of piperidine rings is 1. The van der Waals surface area contributed by atoms with Gasteiger partial charge in [0.15, 0.2) is 0 Å². The number of hydrogen-bond acceptors (Lipinski definition) is 3.